The number of carbonyl (C=O) groups is 1. The molecule has 1 saturated carbocycles. The summed E-state index contributed by atoms with van der Waals surface area (Å²) in [6.45, 7) is 7.30. The highest BCUT2D eigenvalue weighted by molar-refractivity contribution is 5.92. The molecule has 1 aromatic heterocycles. The molecule has 1 atom stereocenters. The fourth-order valence-corrected chi connectivity index (χ4v) is 3.18. The number of hydrogen-bond donors (Lipinski definition) is 2. The van der Waals surface area contributed by atoms with Gasteiger partial charge in [-0.2, -0.15) is 0 Å². The number of anilines is 1. The lowest BCUT2D eigenvalue weighted by molar-refractivity contribution is -0.121. The molecule has 1 amide bonds. The van der Waals surface area contributed by atoms with Gasteiger partial charge in [-0.1, -0.05) is 0 Å². The third kappa shape index (κ3) is 3.51. The minimum atomic E-state index is -1.05. The average molecular weight is 351 g/mol. The molecule has 136 valence electrons. The van der Waals surface area contributed by atoms with Crippen molar-refractivity contribution >= 4 is 22.9 Å². The minimum absolute atomic E-state index is 0.0479. The van der Waals surface area contributed by atoms with E-state index in [2.05, 4.69) is 10.3 Å². The normalized spacial score (nSPS) is 17.6. The van der Waals surface area contributed by atoms with Crippen LogP contribution in [0.3, 0.4) is 0 Å². The fraction of sp³-hybridized carbons (Fsp3) is 0.556. The highest BCUT2D eigenvalue weighted by Crippen LogP contribution is 2.41. The summed E-state index contributed by atoms with van der Waals surface area (Å²) in [7, 11) is 0. The van der Waals surface area contributed by atoms with E-state index in [0.29, 0.717) is 5.52 Å². The second-order valence-corrected chi connectivity index (χ2v) is 8.05. The molecule has 1 aliphatic rings. The first-order chi connectivity index (χ1) is 11.5. The van der Waals surface area contributed by atoms with Crippen LogP contribution >= 0.6 is 0 Å². The van der Waals surface area contributed by atoms with Gasteiger partial charge < -0.3 is 9.67 Å². The number of benzene rings is 1. The predicted octanol–water partition coefficient (Wildman–Crippen LogP) is 3.56. The van der Waals surface area contributed by atoms with E-state index < -0.39 is 22.8 Å². The van der Waals surface area contributed by atoms with Crippen molar-refractivity contribution in [3.8, 4) is 0 Å². The molecule has 0 bridgehead atoms. The van der Waals surface area contributed by atoms with E-state index in [1.165, 1.54) is 0 Å². The number of hydrogen-bond acceptors (Lipinski definition) is 3. The Morgan fingerprint density at radius 2 is 1.88 bits per heavy atom. The molecule has 0 radical (unpaired) electrons. The second kappa shape index (κ2) is 5.76. The maximum atomic E-state index is 13.7. The summed E-state index contributed by atoms with van der Waals surface area (Å²) in [5, 5.41) is 13.0. The molecule has 0 aliphatic heterocycles. The lowest BCUT2D eigenvalue weighted by atomic mass is 9.96. The third-order valence-corrected chi connectivity index (χ3v) is 4.59. The quantitative estimate of drug-likeness (QED) is 0.885. The fourth-order valence-electron chi connectivity index (χ4n) is 3.18. The van der Waals surface area contributed by atoms with Crippen LogP contribution in [0.15, 0.2) is 12.1 Å². The van der Waals surface area contributed by atoms with Crippen molar-refractivity contribution in [1.82, 2.24) is 9.55 Å². The topological polar surface area (TPSA) is 67.2 Å². The first kappa shape index (κ1) is 17.8. The number of halogens is 2. The van der Waals surface area contributed by atoms with E-state index in [9.17, 15) is 18.7 Å². The maximum Gasteiger partial charge on any atom is 0.229 e. The SMILES string of the molecule is CC(C)(C)n1c(NC(=O)C[C@@](C)(O)C2CC2)nc2cc(F)c(F)cc21. The van der Waals surface area contributed by atoms with Gasteiger partial charge in [0.25, 0.3) is 0 Å². The molecule has 1 heterocycles. The number of imidazole rings is 1. The van der Waals surface area contributed by atoms with Crippen LogP contribution in [0.5, 0.6) is 0 Å². The molecule has 25 heavy (non-hydrogen) atoms. The van der Waals surface area contributed by atoms with Crippen molar-refractivity contribution in [2.75, 3.05) is 5.32 Å². The van der Waals surface area contributed by atoms with Gasteiger partial charge in [-0.25, -0.2) is 13.8 Å². The van der Waals surface area contributed by atoms with Crippen LogP contribution in [0.1, 0.15) is 47.0 Å². The molecule has 2 aromatic rings. The molecular formula is C18H23F2N3O2. The Balaban J connectivity index is 1.96. The lowest BCUT2D eigenvalue weighted by Gasteiger charge is -2.26. The Kier molecular flexibility index (Phi) is 4.10. The van der Waals surface area contributed by atoms with Crippen molar-refractivity contribution in [3.63, 3.8) is 0 Å². The molecule has 1 aromatic carbocycles. The predicted molar refractivity (Wildman–Crippen MR) is 91.2 cm³/mol. The summed E-state index contributed by atoms with van der Waals surface area (Å²) in [5.41, 5.74) is -0.907. The van der Waals surface area contributed by atoms with E-state index in [4.69, 9.17) is 0 Å². The van der Waals surface area contributed by atoms with Gasteiger partial charge in [0.15, 0.2) is 11.6 Å². The van der Waals surface area contributed by atoms with Gasteiger partial charge in [-0.3, -0.25) is 10.1 Å². The summed E-state index contributed by atoms with van der Waals surface area (Å²) in [4.78, 5) is 16.6. The summed E-state index contributed by atoms with van der Waals surface area (Å²) >= 11 is 0. The van der Waals surface area contributed by atoms with E-state index in [-0.39, 0.29) is 29.7 Å². The van der Waals surface area contributed by atoms with E-state index in [1.807, 2.05) is 20.8 Å². The van der Waals surface area contributed by atoms with Crippen LogP contribution in [0.2, 0.25) is 0 Å². The molecule has 1 fully saturated rings. The van der Waals surface area contributed by atoms with Crippen LogP contribution in [0.4, 0.5) is 14.7 Å². The zero-order chi connectivity index (χ0) is 18.6. The number of amides is 1. The van der Waals surface area contributed by atoms with Crippen LogP contribution in [-0.4, -0.2) is 26.2 Å². The monoisotopic (exact) mass is 351 g/mol. The molecular weight excluding hydrogens is 328 g/mol. The molecule has 5 nitrogen and oxygen atoms in total. The van der Waals surface area contributed by atoms with Gasteiger partial charge in [-0.05, 0) is 46.5 Å². The van der Waals surface area contributed by atoms with Crippen LogP contribution < -0.4 is 5.32 Å². The first-order valence-corrected chi connectivity index (χ1v) is 8.39. The summed E-state index contributed by atoms with van der Waals surface area (Å²) in [6, 6.07) is 2.10. The van der Waals surface area contributed by atoms with E-state index in [0.717, 1.165) is 25.0 Å². The van der Waals surface area contributed by atoms with Gasteiger partial charge in [0.2, 0.25) is 11.9 Å². The highest BCUT2D eigenvalue weighted by atomic mass is 19.2. The molecule has 1 aliphatic carbocycles. The second-order valence-electron chi connectivity index (χ2n) is 8.05. The molecule has 0 spiro atoms. The number of aromatic nitrogens is 2. The smallest absolute Gasteiger partial charge is 0.229 e. The number of fused-ring (bicyclic) bond motifs is 1. The van der Waals surface area contributed by atoms with Crippen molar-refractivity contribution in [2.45, 2.75) is 58.1 Å². The van der Waals surface area contributed by atoms with Crippen LogP contribution in [0, 0.1) is 17.6 Å². The number of aliphatic hydroxyl groups is 1. The lowest BCUT2D eigenvalue weighted by Crippen LogP contribution is -2.34. The highest BCUT2D eigenvalue weighted by Gasteiger charge is 2.41. The standard InChI is InChI=1S/C18H23F2N3O2/c1-17(2,3)23-14-8-12(20)11(19)7-13(14)21-16(23)22-15(24)9-18(4,25)10-5-6-10/h7-8,10,25H,5-6,9H2,1-4H3,(H,21,22,24)/t18-/m1/s1. The van der Waals surface area contributed by atoms with E-state index >= 15 is 0 Å². The summed E-state index contributed by atoms with van der Waals surface area (Å²) in [5.74, 6) is -1.97. The Bertz CT molecular complexity index is 833. The molecule has 0 unspecified atom stereocenters. The van der Waals surface area contributed by atoms with Crippen molar-refractivity contribution in [1.29, 1.82) is 0 Å². The maximum absolute atomic E-state index is 13.7. The van der Waals surface area contributed by atoms with Crippen LogP contribution in [0.25, 0.3) is 11.0 Å². The number of nitrogens with one attached hydrogen (secondary N) is 1. The van der Waals surface area contributed by atoms with Crippen molar-refractivity contribution in [2.24, 2.45) is 5.92 Å². The van der Waals surface area contributed by atoms with Gasteiger partial charge in [0, 0.05) is 17.7 Å². The van der Waals surface area contributed by atoms with Crippen LogP contribution in [-0.2, 0) is 10.3 Å². The number of rotatable bonds is 4. The summed E-state index contributed by atoms with van der Waals surface area (Å²) < 4.78 is 28.9. The minimum Gasteiger partial charge on any atom is -0.389 e. The Labute approximate surface area is 145 Å². The number of carbonyl (C=O) groups excluding carboxylic acids is 1. The zero-order valence-electron chi connectivity index (χ0n) is 14.9. The Morgan fingerprint density at radius 3 is 2.44 bits per heavy atom. The molecule has 2 N–H and O–H groups in total. The third-order valence-electron chi connectivity index (χ3n) is 4.59. The van der Waals surface area contributed by atoms with Gasteiger partial charge in [0.1, 0.15) is 0 Å². The first-order valence-electron chi connectivity index (χ1n) is 8.39. The zero-order valence-corrected chi connectivity index (χ0v) is 14.9. The van der Waals surface area contributed by atoms with Gasteiger partial charge in [-0.15, -0.1) is 0 Å². The Morgan fingerprint density at radius 1 is 1.28 bits per heavy atom. The van der Waals surface area contributed by atoms with E-state index in [1.54, 1.807) is 11.5 Å². The molecule has 3 rings (SSSR count). The summed E-state index contributed by atoms with van der Waals surface area (Å²) in [6.07, 6.45) is 1.78. The largest absolute Gasteiger partial charge is 0.389 e. The van der Waals surface area contributed by atoms with Crippen molar-refractivity contribution < 1.29 is 18.7 Å². The average Bonchev–Trinajstić information content (AvgIpc) is 3.22. The van der Waals surface area contributed by atoms with Gasteiger partial charge in [0.05, 0.1) is 23.1 Å². The number of nitrogens with zero attached hydrogens (tertiary/aromatic N) is 2. The Hall–Kier alpha value is -2.02. The van der Waals surface area contributed by atoms with Gasteiger partial charge >= 0.3 is 0 Å². The van der Waals surface area contributed by atoms with Crippen molar-refractivity contribution in [3.05, 3.63) is 23.8 Å². The molecule has 7 heteroatoms. The molecule has 0 saturated heterocycles.